The van der Waals surface area contributed by atoms with Gasteiger partial charge in [-0.05, 0) is 17.2 Å². The van der Waals surface area contributed by atoms with Crippen LogP contribution in [0.2, 0.25) is 0 Å². The largest absolute Gasteiger partial charge is 0.385 e. The number of rotatable bonds is 0. The number of ketones is 1. The number of fused-ring (bicyclic) bond motifs is 2. The standard InChI is InChI=1S/C18H15NO3/c1-19-17(22)14-9-5-4-8-13(14)16(21)18(19)10-11-6-2-3-7-12(11)15(18)20/h2-9,16,21H,10H2,1H3/t16-,18-/m0/s1. The summed E-state index contributed by atoms with van der Waals surface area (Å²) in [5.41, 5.74) is 1.25. The Morgan fingerprint density at radius 2 is 1.68 bits per heavy atom. The van der Waals surface area contributed by atoms with E-state index in [-0.39, 0.29) is 11.7 Å². The number of amides is 1. The monoisotopic (exact) mass is 293 g/mol. The second kappa shape index (κ2) is 4.27. The van der Waals surface area contributed by atoms with Crippen molar-refractivity contribution in [2.45, 2.75) is 18.1 Å². The molecular formula is C18H15NO3. The van der Waals surface area contributed by atoms with E-state index in [9.17, 15) is 14.7 Å². The van der Waals surface area contributed by atoms with Crippen molar-refractivity contribution in [2.24, 2.45) is 0 Å². The topological polar surface area (TPSA) is 57.6 Å². The highest BCUT2D eigenvalue weighted by molar-refractivity contribution is 6.12. The first-order valence-electron chi connectivity index (χ1n) is 7.25. The number of Topliss-reactive ketones (excluding diaryl/α,β-unsaturated/α-hetero) is 1. The molecule has 0 saturated heterocycles. The molecule has 0 saturated carbocycles. The molecule has 2 atom stereocenters. The van der Waals surface area contributed by atoms with E-state index in [1.165, 1.54) is 4.90 Å². The van der Waals surface area contributed by atoms with Gasteiger partial charge in [0.05, 0.1) is 0 Å². The van der Waals surface area contributed by atoms with Gasteiger partial charge in [-0.1, -0.05) is 42.5 Å². The molecule has 1 aliphatic heterocycles. The van der Waals surface area contributed by atoms with E-state index < -0.39 is 11.6 Å². The smallest absolute Gasteiger partial charge is 0.254 e. The second-order valence-electron chi connectivity index (χ2n) is 5.94. The molecule has 0 radical (unpaired) electrons. The predicted molar refractivity (Wildman–Crippen MR) is 80.7 cm³/mol. The predicted octanol–water partition coefficient (Wildman–Crippen LogP) is 1.98. The van der Waals surface area contributed by atoms with Crippen molar-refractivity contribution in [3.63, 3.8) is 0 Å². The first-order chi connectivity index (χ1) is 10.6. The molecule has 2 aromatic carbocycles. The average Bonchev–Trinajstić information content (AvgIpc) is 2.86. The number of carbonyl (C=O) groups excluding carboxylic acids is 2. The minimum Gasteiger partial charge on any atom is -0.385 e. The minimum absolute atomic E-state index is 0.180. The number of likely N-dealkylation sites (N-methyl/N-ethyl adjacent to an activating group) is 1. The van der Waals surface area contributed by atoms with E-state index in [1.807, 2.05) is 12.1 Å². The molecule has 110 valence electrons. The summed E-state index contributed by atoms with van der Waals surface area (Å²) in [6, 6.07) is 14.3. The van der Waals surface area contributed by atoms with Crippen molar-refractivity contribution in [1.29, 1.82) is 0 Å². The maximum Gasteiger partial charge on any atom is 0.254 e. The van der Waals surface area contributed by atoms with Crippen LogP contribution in [0, 0.1) is 0 Å². The van der Waals surface area contributed by atoms with Crippen LogP contribution in [0.5, 0.6) is 0 Å². The molecule has 4 nitrogen and oxygen atoms in total. The second-order valence-corrected chi connectivity index (χ2v) is 5.94. The molecule has 0 aromatic heterocycles. The van der Waals surface area contributed by atoms with E-state index in [0.29, 0.717) is 23.1 Å². The quantitative estimate of drug-likeness (QED) is 0.808. The third-order valence-corrected chi connectivity index (χ3v) is 4.96. The van der Waals surface area contributed by atoms with Gasteiger partial charge in [-0.15, -0.1) is 0 Å². The van der Waals surface area contributed by atoms with Crippen molar-refractivity contribution in [2.75, 3.05) is 7.05 Å². The Morgan fingerprint density at radius 1 is 1.05 bits per heavy atom. The van der Waals surface area contributed by atoms with Crippen LogP contribution in [-0.4, -0.2) is 34.3 Å². The van der Waals surface area contributed by atoms with Crippen LogP contribution >= 0.6 is 0 Å². The van der Waals surface area contributed by atoms with Gasteiger partial charge in [0.2, 0.25) is 0 Å². The van der Waals surface area contributed by atoms with Crippen molar-refractivity contribution >= 4 is 11.7 Å². The maximum absolute atomic E-state index is 13.0. The SMILES string of the molecule is CN1C(=O)c2ccccc2[C@H](O)[C@@]12Cc1ccccc1C2=O. The van der Waals surface area contributed by atoms with Gasteiger partial charge in [0.15, 0.2) is 5.78 Å². The number of carbonyl (C=O) groups is 2. The summed E-state index contributed by atoms with van der Waals surface area (Å²) in [6.07, 6.45) is -0.675. The first kappa shape index (κ1) is 13.2. The molecule has 1 spiro atoms. The fraction of sp³-hybridized carbons (Fsp3) is 0.222. The summed E-state index contributed by atoms with van der Waals surface area (Å²) in [6.45, 7) is 0. The highest BCUT2D eigenvalue weighted by atomic mass is 16.3. The van der Waals surface area contributed by atoms with Gasteiger partial charge >= 0.3 is 0 Å². The van der Waals surface area contributed by atoms with Crippen molar-refractivity contribution in [1.82, 2.24) is 4.90 Å². The summed E-state index contributed by atoms with van der Waals surface area (Å²) in [7, 11) is 1.60. The van der Waals surface area contributed by atoms with Crippen molar-refractivity contribution in [3.05, 3.63) is 70.8 Å². The zero-order valence-corrected chi connectivity index (χ0v) is 12.1. The molecule has 22 heavy (non-hydrogen) atoms. The van der Waals surface area contributed by atoms with E-state index in [1.54, 1.807) is 43.4 Å². The Labute approximate surface area is 128 Å². The van der Waals surface area contributed by atoms with Gasteiger partial charge in [-0.3, -0.25) is 9.59 Å². The number of hydrogen-bond acceptors (Lipinski definition) is 3. The Kier molecular flexibility index (Phi) is 2.57. The molecule has 0 unspecified atom stereocenters. The van der Waals surface area contributed by atoms with Gasteiger partial charge in [-0.25, -0.2) is 0 Å². The molecule has 2 aliphatic rings. The zero-order chi connectivity index (χ0) is 15.5. The highest BCUT2D eigenvalue weighted by Crippen LogP contribution is 2.46. The van der Waals surface area contributed by atoms with E-state index in [2.05, 4.69) is 0 Å². The van der Waals surface area contributed by atoms with E-state index >= 15 is 0 Å². The molecule has 1 heterocycles. The van der Waals surface area contributed by atoms with Gasteiger partial charge in [0.25, 0.3) is 5.91 Å². The van der Waals surface area contributed by atoms with E-state index in [0.717, 1.165) is 5.56 Å². The van der Waals surface area contributed by atoms with Crippen molar-refractivity contribution in [3.8, 4) is 0 Å². The summed E-state index contributed by atoms with van der Waals surface area (Å²) in [5, 5.41) is 10.9. The lowest BCUT2D eigenvalue weighted by molar-refractivity contribution is -0.00846. The number of aliphatic hydroxyl groups excluding tert-OH is 1. The van der Waals surface area contributed by atoms with Gasteiger partial charge in [0, 0.05) is 24.6 Å². The molecule has 2 aromatic rings. The maximum atomic E-state index is 13.0. The third-order valence-electron chi connectivity index (χ3n) is 4.96. The Hall–Kier alpha value is -2.46. The molecule has 1 amide bonds. The molecule has 4 rings (SSSR count). The van der Waals surface area contributed by atoms with Crippen LogP contribution in [0.3, 0.4) is 0 Å². The van der Waals surface area contributed by atoms with E-state index in [4.69, 9.17) is 0 Å². The van der Waals surface area contributed by atoms with Crippen LogP contribution < -0.4 is 0 Å². The summed E-state index contributed by atoms with van der Waals surface area (Å²) >= 11 is 0. The summed E-state index contributed by atoms with van der Waals surface area (Å²) in [5.74, 6) is -0.400. The first-order valence-corrected chi connectivity index (χ1v) is 7.25. The van der Waals surface area contributed by atoms with Crippen LogP contribution in [0.4, 0.5) is 0 Å². The summed E-state index contributed by atoms with van der Waals surface area (Å²) < 4.78 is 0. The Morgan fingerprint density at radius 3 is 2.41 bits per heavy atom. The summed E-state index contributed by atoms with van der Waals surface area (Å²) in [4.78, 5) is 27.1. The number of aliphatic hydroxyl groups is 1. The molecule has 0 bridgehead atoms. The van der Waals surface area contributed by atoms with Crippen LogP contribution in [-0.2, 0) is 6.42 Å². The number of benzene rings is 2. The lowest BCUT2D eigenvalue weighted by Crippen LogP contribution is -2.60. The van der Waals surface area contributed by atoms with Crippen LogP contribution in [0.1, 0.15) is 37.9 Å². The number of nitrogens with zero attached hydrogens (tertiary/aromatic N) is 1. The minimum atomic E-state index is -1.23. The zero-order valence-electron chi connectivity index (χ0n) is 12.1. The average molecular weight is 293 g/mol. The van der Waals surface area contributed by atoms with Gasteiger partial charge in [-0.2, -0.15) is 0 Å². The highest BCUT2D eigenvalue weighted by Gasteiger charge is 2.58. The van der Waals surface area contributed by atoms with Crippen molar-refractivity contribution < 1.29 is 14.7 Å². The lowest BCUT2D eigenvalue weighted by atomic mass is 9.77. The fourth-order valence-electron chi connectivity index (χ4n) is 3.72. The lowest BCUT2D eigenvalue weighted by Gasteiger charge is -2.45. The normalized spacial score (nSPS) is 26.3. The van der Waals surface area contributed by atoms with Gasteiger partial charge in [0.1, 0.15) is 11.6 Å². The van der Waals surface area contributed by atoms with Crippen LogP contribution in [0.25, 0.3) is 0 Å². The molecule has 1 N–H and O–H groups in total. The van der Waals surface area contributed by atoms with Gasteiger partial charge < -0.3 is 10.0 Å². The molecular weight excluding hydrogens is 278 g/mol. The van der Waals surface area contributed by atoms with Crippen LogP contribution in [0.15, 0.2) is 48.5 Å². The third kappa shape index (κ3) is 1.40. The molecule has 1 aliphatic carbocycles. The molecule has 0 fully saturated rings. The molecule has 4 heteroatoms. The Balaban J connectivity index is 1.94. The number of hydrogen-bond donors (Lipinski definition) is 1. The fourth-order valence-corrected chi connectivity index (χ4v) is 3.72. The Bertz CT molecular complexity index is 813.